The Hall–Kier alpha value is -1.39. The average Bonchev–Trinajstić information content (AvgIpc) is 2.06. The highest BCUT2D eigenvalue weighted by Crippen LogP contribution is 2.00. The van der Waals surface area contributed by atoms with Crippen molar-refractivity contribution in [3.8, 4) is 0 Å². The van der Waals surface area contributed by atoms with Crippen LogP contribution in [0.1, 0.15) is 5.56 Å². The van der Waals surface area contributed by atoms with E-state index in [9.17, 15) is 4.79 Å². The molecule has 0 aliphatic carbocycles. The molecule has 64 valence electrons. The van der Waals surface area contributed by atoms with Crippen LogP contribution >= 0.6 is 0 Å². The Kier molecular flexibility index (Phi) is 2.79. The Labute approximate surface area is 69.6 Å². The molecular formula is C8H9NO3. The van der Waals surface area contributed by atoms with Crippen molar-refractivity contribution in [1.82, 2.24) is 5.23 Å². The molecule has 2 N–H and O–H groups in total. The van der Waals surface area contributed by atoms with Crippen LogP contribution in [-0.4, -0.2) is 21.5 Å². The number of rotatable bonds is 2. The second kappa shape index (κ2) is 3.85. The van der Waals surface area contributed by atoms with Crippen molar-refractivity contribution in [2.75, 3.05) is 0 Å². The second-order valence-corrected chi connectivity index (χ2v) is 2.35. The lowest BCUT2D eigenvalue weighted by Gasteiger charge is -2.04. The van der Waals surface area contributed by atoms with Crippen molar-refractivity contribution < 1.29 is 15.2 Å². The van der Waals surface area contributed by atoms with Gasteiger partial charge in [-0.1, -0.05) is 35.6 Å². The molecule has 0 aliphatic heterocycles. The van der Waals surface area contributed by atoms with Crippen LogP contribution in [0.5, 0.6) is 0 Å². The summed E-state index contributed by atoms with van der Waals surface area (Å²) in [7, 11) is 0. The summed E-state index contributed by atoms with van der Waals surface area (Å²) in [4.78, 5) is 10.7. The summed E-state index contributed by atoms with van der Waals surface area (Å²) in [5, 5.41) is 16.2. The fourth-order valence-electron chi connectivity index (χ4n) is 0.841. The first kappa shape index (κ1) is 8.70. The molecule has 0 bridgehead atoms. The van der Waals surface area contributed by atoms with Gasteiger partial charge in [-0.25, -0.2) is 0 Å². The maximum Gasteiger partial charge on any atom is 0.277 e. The van der Waals surface area contributed by atoms with Gasteiger partial charge in [-0.2, -0.15) is 0 Å². The van der Waals surface area contributed by atoms with Crippen LogP contribution in [0, 0.1) is 0 Å². The molecule has 12 heavy (non-hydrogen) atoms. The third-order valence-corrected chi connectivity index (χ3v) is 1.42. The molecule has 1 aromatic rings. The summed E-state index contributed by atoms with van der Waals surface area (Å²) in [5.74, 6) is -0.749. The van der Waals surface area contributed by atoms with Gasteiger partial charge < -0.3 is 0 Å². The number of nitrogens with zero attached hydrogens (tertiary/aromatic N) is 1. The lowest BCUT2D eigenvalue weighted by molar-refractivity contribution is -0.284. The number of carbonyl (C=O) groups excluding carboxylic acids is 1. The molecule has 0 saturated carbocycles. The second-order valence-electron chi connectivity index (χ2n) is 2.35. The smallest absolute Gasteiger partial charge is 0.270 e. The van der Waals surface area contributed by atoms with E-state index in [-0.39, 0.29) is 6.42 Å². The van der Waals surface area contributed by atoms with Gasteiger partial charge in [0.25, 0.3) is 5.91 Å². The fourth-order valence-corrected chi connectivity index (χ4v) is 0.841. The third-order valence-electron chi connectivity index (χ3n) is 1.42. The van der Waals surface area contributed by atoms with Crippen LogP contribution in [0.4, 0.5) is 0 Å². The number of carbonyl (C=O) groups is 1. The number of hydroxylamine groups is 2. The van der Waals surface area contributed by atoms with Crippen LogP contribution < -0.4 is 0 Å². The Morgan fingerprint density at radius 2 is 1.83 bits per heavy atom. The van der Waals surface area contributed by atoms with Gasteiger partial charge in [-0.3, -0.25) is 15.2 Å². The molecule has 0 aliphatic rings. The molecular weight excluding hydrogens is 158 g/mol. The number of benzene rings is 1. The monoisotopic (exact) mass is 167 g/mol. The minimum absolute atomic E-state index is 0.00611. The lowest BCUT2D eigenvalue weighted by atomic mass is 10.1. The van der Waals surface area contributed by atoms with Crippen LogP contribution in [0.3, 0.4) is 0 Å². The normalized spacial score (nSPS) is 9.50. The molecule has 0 atom stereocenters. The summed E-state index contributed by atoms with van der Waals surface area (Å²) in [6.45, 7) is 0. The van der Waals surface area contributed by atoms with E-state index in [1.54, 1.807) is 24.3 Å². The van der Waals surface area contributed by atoms with Gasteiger partial charge >= 0.3 is 0 Å². The van der Waals surface area contributed by atoms with Crippen LogP contribution in [0.25, 0.3) is 0 Å². The maximum absolute atomic E-state index is 10.7. The first-order valence-electron chi connectivity index (χ1n) is 3.45. The minimum atomic E-state index is -0.749. The average molecular weight is 167 g/mol. The van der Waals surface area contributed by atoms with E-state index in [1.807, 2.05) is 6.07 Å². The minimum Gasteiger partial charge on any atom is -0.270 e. The van der Waals surface area contributed by atoms with Gasteiger partial charge in [0.05, 0.1) is 6.42 Å². The third kappa shape index (κ3) is 2.34. The topological polar surface area (TPSA) is 60.8 Å². The van der Waals surface area contributed by atoms with Gasteiger partial charge in [0.2, 0.25) is 0 Å². The van der Waals surface area contributed by atoms with Gasteiger partial charge in [-0.05, 0) is 5.56 Å². The molecule has 0 unspecified atom stereocenters. The largest absolute Gasteiger partial charge is 0.277 e. The number of amides is 1. The standard InChI is InChI=1S/C8H9NO3/c10-8(9(11)12)6-7-4-2-1-3-5-7/h1-5,11-12H,6H2. The predicted molar refractivity (Wildman–Crippen MR) is 40.6 cm³/mol. The molecule has 0 radical (unpaired) electrons. The van der Waals surface area contributed by atoms with E-state index in [4.69, 9.17) is 10.4 Å². The van der Waals surface area contributed by atoms with Crippen molar-refractivity contribution in [3.63, 3.8) is 0 Å². The van der Waals surface area contributed by atoms with Gasteiger partial charge in [0, 0.05) is 0 Å². The molecule has 0 saturated heterocycles. The van der Waals surface area contributed by atoms with E-state index in [0.29, 0.717) is 0 Å². The molecule has 4 heteroatoms. The first-order valence-corrected chi connectivity index (χ1v) is 3.45. The summed E-state index contributed by atoms with van der Waals surface area (Å²) in [6.07, 6.45) is -0.00611. The Balaban J connectivity index is 2.59. The number of hydrogen-bond acceptors (Lipinski definition) is 3. The van der Waals surface area contributed by atoms with E-state index >= 15 is 0 Å². The maximum atomic E-state index is 10.7. The van der Waals surface area contributed by atoms with Crippen LogP contribution in [0.15, 0.2) is 30.3 Å². The van der Waals surface area contributed by atoms with Crippen molar-refractivity contribution in [2.24, 2.45) is 0 Å². The summed E-state index contributed by atoms with van der Waals surface area (Å²) >= 11 is 0. The zero-order chi connectivity index (χ0) is 8.97. The molecule has 1 rings (SSSR count). The molecule has 4 nitrogen and oxygen atoms in total. The molecule has 1 amide bonds. The van der Waals surface area contributed by atoms with Crippen molar-refractivity contribution >= 4 is 5.91 Å². The molecule has 0 spiro atoms. The van der Waals surface area contributed by atoms with Crippen molar-refractivity contribution in [1.29, 1.82) is 0 Å². The highest BCUT2D eigenvalue weighted by molar-refractivity contribution is 5.76. The van der Waals surface area contributed by atoms with Crippen molar-refractivity contribution in [2.45, 2.75) is 6.42 Å². The zero-order valence-corrected chi connectivity index (χ0v) is 6.34. The van der Waals surface area contributed by atoms with Gasteiger partial charge in [0.1, 0.15) is 0 Å². The SMILES string of the molecule is O=C(Cc1ccccc1)N(O)O. The lowest BCUT2D eigenvalue weighted by Crippen LogP contribution is -2.24. The van der Waals surface area contributed by atoms with E-state index in [2.05, 4.69) is 0 Å². The van der Waals surface area contributed by atoms with Gasteiger partial charge in [-0.15, -0.1) is 0 Å². The summed E-state index contributed by atoms with van der Waals surface area (Å²) in [5.41, 5.74) is 0.746. The molecule has 0 aromatic heterocycles. The van der Waals surface area contributed by atoms with E-state index < -0.39 is 11.1 Å². The van der Waals surface area contributed by atoms with Crippen LogP contribution in [-0.2, 0) is 11.2 Å². The fraction of sp³-hybridized carbons (Fsp3) is 0.125. The van der Waals surface area contributed by atoms with Gasteiger partial charge in [0.15, 0.2) is 0 Å². The predicted octanol–water partition coefficient (Wildman–Crippen LogP) is 0.836. The highest BCUT2D eigenvalue weighted by atomic mass is 16.8. The van der Waals surface area contributed by atoms with E-state index in [0.717, 1.165) is 5.56 Å². The van der Waals surface area contributed by atoms with Crippen molar-refractivity contribution in [3.05, 3.63) is 35.9 Å². The highest BCUT2D eigenvalue weighted by Gasteiger charge is 2.07. The number of hydrogen-bond donors (Lipinski definition) is 2. The van der Waals surface area contributed by atoms with Crippen LogP contribution in [0.2, 0.25) is 0 Å². The Morgan fingerprint density at radius 3 is 2.33 bits per heavy atom. The summed E-state index contributed by atoms with van der Waals surface area (Å²) in [6, 6.07) is 8.86. The first-order chi connectivity index (χ1) is 5.70. The molecule has 1 aromatic carbocycles. The Bertz CT molecular complexity index is 258. The van der Waals surface area contributed by atoms with E-state index in [1.165, 1.54) is 0 Å². The zero-order valence-electron chi connectivity index (χ0n) is 6.34. The molecule has 0 fully saturated rings. The summed E-state index contributed by atoms with van der Waals surface area (Å²) < 4.78 is 0. The molecule has 0 heterocycles. The Morgan fingerprint density at radius 1 is 1.25 bits per heavy atom. The quantitative estimate of drug-likeness (QED) is 0.506.